The van der Waals surface area contributed by atoms with Crippen molar-refractivity contribution in [3.05, 3.63) is 29.8 Å². The van der Waals surface area contributed by atoms with E-state index in [-0.39, 0.29) is 0 Å². The van der Waals surface area contributed by atoms with Gasteiger partial charge >= 0.3 is 0 Å². The van der Waals surface area contributed by atoms with Gasteiger partial charge in [-0.15, -0.1) is 0 Å². The van der Waals surface area contributed by atoms with Crippen LogP contribution in [0.25, 0.3) is 0 Å². The van der Waals surface area contributed by atoms with Crippen LogP contribution in [0.3, 0.4) is 0 Å². The van der Waals surface area contributed by atoms with E-state index in [1.165, 1.54) is 0 Å². The van der Waals surface area contributed by atoms with E-state index in [1.807, 2.05) is 24.3 Å². The molecule has 0 aliphatic heterocycles. The third-order valence-electron chi connectivity index (χ3n) is 1.92. The van der Waals surface area contributed by atoms with Crippen LogP contribution in [0.4, 0.5) is 0 Å². The number of ether oxygens (including phenoxy) is 1. The lowest BCUT2D eigenvalue weighted by Gasteiger charge is -2.05. The smallest absolute Gasteiger partial charge is 0.120 e. The Labute approximate surface area is 84.9 Å². The summed E-state index contributed by atoms with van der Waals surface area (Å²) in [5.74, 6) is 0.898. The average Bonchev–Trinajstić information content (AvgIpc) is 2.24. The molecule has 0 fully saturated rings. The molecule has 0 N–H and O–H groups in total. The molecule has 0 amide bonds. The van der Waals surface area contributed by atoms with Crippen molar-refractivity contribution < 1.29 is 9.53 Å². The van der Waals surface area contributed by atoms with E-state index in [0.717, 1.165) is 37.0 Å². The molecule has 0 bridgehead atoms. The van der Waals surface area contributed by atoms with Crippen LogP contribution >= 0.6 is 0 Å². The summed E-state index contributed by atoms with van der Waals surface area (Å²) in [6.45, 7) is 2.83. The average molecular weight is 192 g/mol. The molecule has 0 heterocycles. The van der Waals surface area contributed by atoms with Crippen molar-refractivity contribution in [3.8, 4) is 5.75 Å². The van der Waals surface area contributed by atoms with Gasteiger partial charge in [0, 0.05) is 6.42 Å². The molecule has 1 rings (SSSR count). The number of carbonyl (C=O) groups excluding carboxylic acids is 1. The van der Waals surface area contributed by atoms with Crippen LogP contribution < -0.4 is 4.74 Å². The lowest BCUT2D eigenvalue weighted by molar-refractivity contribution is -0.107. The summed E-state index contributed by atoms with van der Waals surface area (Å²) in [6, 6.07) is 7.92. The standard InChI is InChI=1S/C12H16O2/c1-2-9-14-12-7-3-5-11(10-12)6-4-8-13/h3,5,7-8,10H,2,4,6,9H2,1H3. The molecule has 1 aromatic carbocycles. The molecule has 76 valence electrons. The molecular weight excluding hydrogens is 176 g/mol. The molecular formula is C12H16O2. The zero-order valence-corrected chi connectivity index (χ0v) is 8.53. The number of carbonyl (C=O) groups is 1. The summed E-state index contributed by atoms with van der Waals surface area (Å²) in [7, 11) is 0. The van der Waals surface area contributed by atoms with Crippen molar-refractivity contribution in [3.63, 3.8) is 0 Å². The first-order chi connectivity index (χ1) is 6.86. The molecule has 0 saturated carbocycles. The lowest BCUT2D eigenvalue weighted by Crippen LogP contribution is -1.95. The molecule has 2 heteroatoms. The molecule has 1 aromatic rings. The third-order valence-corrected chi connectivity index (χ3v) is 1.92. The van der Waals surface area contributed by atoms with E-state index in [0.29, 0.717) is 6.42 Å². The Morgan fingerprint density at radius 3 is 3.00 bits per heavy atom. The normalized spacial score (nSPS) is 9.79. The quantitative estimate of drug-likeness (QED) is 0.647. The highest BCUT2D eigenvalue weighted by atomic mass is 16.5. The molecule has 0 spiro atoms. The van der Waals surface area contributed by atoms with Crippen molar-refractivity contribution in [2.45, 2.75) is 26.2 Å². The minimum absolute atomic E-state index is 0.581. The molecule has 0 atom stereocenters. The molecule has 0 saturated heterocycles. The van der Waals surface area contributed by atoms with Crippen LogP contribution in [-0.4, -0.2) is 12.9 Å². The number of aryl methyl sites for hydroxylation is 1. The van der Waals surface area contributed by atoms with Gasteiger partial charge in [0.25, 0.3) is 0 Å². The maximum absolute atomic E-state index is 10.2. The summed E-state index contributed by atoms with van der Waals surface area (Å²) in [4.78, 5) is 10.2. The van der Waals surface area contributed by atoms with Gasteiger partial charge in [-0.25, -0.2) is 0 Å². The zero-order valence-electron chi connectivity index (χ0n) is 8.53. The fourth-order valence-corrected chi connectivity index (χ4v) is 1.24. The summed E-state index contributed by atoms with van der Waals surface area (Å²) in [6.07, 6.45) is 3.34. The number of hydrogen-bond acceptors (Lipinski definition) is 2. The van der Waals surface area contributed by atoms with Gasteiger partial charge in [0.2, 0.25) is 0 Å². The second-order valence-corrected chi connectivity index (χ2v) is 3.20. The van der Waals surface area contributed by atoms with Crippen LogP contribution in [0.15, 0.2) is 24.3 Å². The molecule has 0 aliphatic rings. The van der Waals surface area contributed by atoms with Gasteiger partial charge in [-0.2, -0.15) is 0 Å². The molecule has 0 aromatic heterocycles. The Balaban J connectivity index is 2.54. The van der Waals surface area contributed by atoms with Crippen LogP contribution in [0.2, 0.25) is 0 Å². The second kappa shape index (κ2) is 6.19. The second-order valence-electron chi connectivity index (χ2n) is 3.20. The number of hydrogen-bond donors (Lipinski definition) is 0. The summed E-state index contributed by atoms with van der Waals surface area (Å²) >= 11 is 0. The van der Waals surface area contributed by atoms with E-state index in [2.05, 4.69) is 6.92 Å². The fourth-order valence-electron chi connectivity index (χ4n) is 1.24. The summed E-state index contributed by atoms with van der Waals surface area (Å²) in [5.41, 5.74) is 1.16. The van der Waals surface area contributed by atoms with Crippen molar-refractivity contribution in [2.75, 3.05) is 6.61 Å². The Bertz CT molecular complexity index is 281. The largest absolute Gasteiger partial charge is 0.494 e. The maximum Gasteiger partial charge on any atom is 0.120 e. The van der Waals surface area contributed by atoms with Gasteiger partial charge in [0.05, 0.1) is 6.61 Å². The highest BCUT2D eigenvalue weighted by Gasteiger charge is 1.96. The highest BCUT2D eigenvalue weighted by Crippen LogP contribution is 2.14. The Hall–Kier alpha value is -1.31. The first-order valence-corrected chi connectivity index (χ1v) is 5.02. The van der Waals surface area contributed by atoms with Crippen LogP contribution in [0, 0.1) is 0 Å². The lowest BCUT2D eigenvalue weighted by atomic mass is 10.1. The first kappa shape index (κ1) is 10.8. The highest BCUT2D eigenvalue weighted by molar-refractivity contribution is 5.50. The minimum atomic E-state index is 0.581. The van der Waals surface area contributed by atoms with Crippen molar-refractivity contribution in [1.82, 2.24) is 0 Å². The zero-order chi connectivity index (χ0) is 10.2. The molecule has 14 heavy (non-hydrogen) atoms. The predicted octanol–water partition coefficient (Wildman–Crippen LogP) is 2.61. The Kier molecular flexibility index (Phi) is 4.76. The van der Waals surface area contributed by atoms with Gasteiger partial charge in [-0.05, 0) is 30.5 Å². The SMILES string of the molecule is CCCOc1cccc(CCC=O)c1. The number of rotatable bonds is 6. The number of aldehydes is 1. The van der Waals surface area contributed by atoms with Crippen molar-refractivity contribution >= 4 is 6.29 Å². The third kappa shape index (κ3) is 3.60. The molecule has 2 nitrogen and oxygen atoms in total. The Morgan fingerprint density at radius 2 is 2.29 bits per heavy atom. The monoisotopic (exact) mass is 192 g/mol. The van der Waals surface area contributed by atoms with Gasteiger partial charge in [-0.3, -0.25) is 0 Å². The Morgan fingerprint density at radius 1 is 1.43 bits per heavy atom. The van der Waals surface area contributed by atoms with E-state index in [1.54, 1.807) is 0 Å². The van der Waals surface area contributed by atoms with Crippen LogP contribution in [0.1, 0.15) is 25.3 Å². The fraction of sp³-hybridized carbons (Fsp3) is 0.417. The summed E-state index contributed by atoms with van der Waals surface area (Å²) in [5, 5.41) is 0. The summed E-state index contributed by atoms with van der Waals surface area (Å²) < 4.78 is 5.49. The van der Waals surface area contributed by atoms with E-state index in [4.69, 9.17) is 4.74 Å². The van der Waals surface area contributed by atoms with E-state index < -0.39 is 0 Å². The van der Waals surface area contributed by atoms with Crippen LogP contribution in [-0.2, 0) is 11.2 Å². The maximum atomic E-state index is 10.2. The predicted molar refractivity (Wildman–Crippen MR) is 56.6 cm³/mol. The molecule has 0 unspecified atom stereocenters. The topological polar surface area (TPSA) is 26.3 Å². The van der Waals surface area contributed by atoms with Crippen molar-refractivity contribution in [2.24, 2.45) is 0 Å². The number of benzene rings is 1. The van der Waals surface area contributed by atoms with E-state index >= 15 is 0 Å². The van der Waals surface area contributed by atoms with Gasteiger partial charge in [0.15, 0.2) is 0 Å². The van der Waals surface area contributed by atoms with Crippen molar-refractivity contribution in [1.29, 1.82) is 0 Å². The van der Waals surface area contributed by atoms with Crippen LogP contribution in [0.5, 0.6) is 5.75 Å². The van der Waals surface area contributed by atoms with Gasteiger partial charge in [0.1, 0.15) is 12.0 Å². The first-order valence-electron chi connectivity index (χ1n) is 5.02. The van der Waals surface area contributed by atoms with Gasteiger partial charge < -0.3 is 9.53 Å². The van der Waals surface area contributed by atoms with E-state index in [9.17, 15) is 4.79 Å². The molecule has 0 radical (unpaired) electrons. The minimum Gasteiger partial charge on any atom is -0.494 e. The van der Waals surface area contributed by atoms with Gasteiger partial charge in [-0.1, -0.05) is 19.1 Å². The molecule has 0 aliphatic carbocycles.